The van der Waals surface area contributed by atoms with Gasteiger partial charge in [0.1, 0.15) is 22.2 Å². The molecule has 0 saturated heterocycles. The Morgan fingerprint density at radius 3 is 2.61 bits per heavy atom. The van der Waals surface area contributed by atoms with E-state index in [1.807, 2.05) is 36.4 Å². The summed E-state index contributed by atoms with van der Waals surface area (Å²) in [6.07, 6.45) is 0.635. The third-order valence-electron chi connectivity index (χ3n) is 4.99. The van der Waals surface area contributed by atoms with Crippen LogP contribution in [0.15, 0.2) is 52.4 Å². The Balaban J connectivity index is 1.60. The van der Waals surface area contributed by atoms with Crippen LogP contribution < -0.4 is 15.2 Å². The molecule has 0 atom stereocenters. The molecule has 0 radical (unpaired) electrons. The van der Waals surface area contributed by atoms with Gasteiger partial charge in [-0.05, 0) is 42.8 Å². The SMILES string of the molecule is COc1ccc(CN2CCc3c(Sc4ccc(Cl)cc4)nc(N)nc3C2=O)c(OC)c1. The number of carbonyl (C=O) groups is 1. The number of nitrogen functional groups attached to an aromatic ring is 1. The fourth-order valence-corrected chi connectivity index (χ4v) is 4.50. The molecular weight excluding hydrogens is 436 g/mol. The predicted octanol–water partition coefficient (Wildman–Crippen LogP) is 4.08. The molecule has 2 aromatic carbocycles. The van der Waals surface area contributed by atoms with E-state index in [1.54, 1.807) is 25.2 Å². The monoisotopic (exact) mass is 456 g/mol. The number of ether oxygens (including phenoxy) is 2. The van der Waals surface area contributed by atoms with Crippen LogP contribution in [0.25, 0.3) is 0 Å². The summed E-state index contributed by atoms with van der Waals surface area (Å²) < 4.78 is 10.7. The minimum absolute atomic E-state index is 0.0763. The second-order valence-corrected chi connectivity index (χ2v) is 8.42. The number of hydrogen-bond acceptors (Lipinski definition) is 7. The van der Waals surface area contributed by atoms with E-state index in [2.05, 4.69) is 9.97 Å². The molecule has 3 aromatic rings. The van der Waals surface area contributed by atoms with E-state index in [0.717, 1.165) is 16.0 Å². The lowest BCUT2D eigenvalue weighted by atomic mass is 10.0. The quantitative estimate of drug-likeness (QED) is 0.559. The number of fused-ring (bicyclic) bond motifs is 1. The molecule has 9 heteroatoms. The van der Waals surface area contributed by atoms with E-state index in [-0.39, 0.29) is 11.9 Å². The van der Waals surface area contributed by atoms with Crippen molar-refractivity contribution >= 4 is 35.2 Å². The van der Waals surface area contributed by atoms with Gasteiger partial charge in [0.25, 0.3) is 5.91 Å². The van der Waals surface area contributed by atoms with Gasteiger partial charge in [-0.25, -0.2) is 9.97 Å². The zero-order valence-electron chi connectivity index (χ0n) is 17.1. The maximum absolute atomic E-state index is 13.2. The lowest BCUT2D eigenvalue weighted by Gasteiger charge is -2.29. The molecule has 1 aliphatic heterocycles. The van der Waals surface area contributed by atoms with Crippen LogP contribution >= 0.6 is 23.4 Å². The maximum Gasteiger partial charge on any atom is 0.273 e. The predicted molar refractivity (Wildman–Crippen MR) is 120 cm³/mol. The Bertz CT molecular complexity index is 1120. The van der Waals surface area contributed by atoms with Gasteiger partial charge in [0, 0.05) is 40.2 Å². The second kappa shape index (κ2) is 9.03. The molecule has 7 nitrogen and oxygen atoms in total. The molecule has 0 bridgehead atoms. The average Bonchev–Trinajstić information content (AvgIpc) is 2.77. The summed E-state index contributed by atoms with van der Waals surface area (Å²) in [6, 6.07) is 13.0. The normalized spacial score (nSPS) is 13.1. The highest BCUT2D eigenvalue weighted by atomic mass is 35.5. The molecule has 1 aromatic heterocycles. The smallest absolute Gasteiger partial charge is 0.273 e. The van der Waals surface area contributed by atoms with Crippen molar-refractivity contribution in [3.63, 3.8) is 0 Å². The highest BCUT2D eigenvalue weighted by Gasteiger charge is 2.30. The van der Waals surface area contributed by atoms with Gasteiger partial charge in [0.05, 0.1) is 14.2 Å². The van der Waals surface area contributed by atoms with Crippen LogP contribution in [-0.4, -0.2) is 41.5 Å². The van der Waals surface area contributed by atoms with Crippen LogP contribution in [-0.2, 0) is 13.0 Å². The molecule has 31 heavy (non-hydrogen) atoms. The number of anilines is 1. The van der Waals surface area contributed by atoms with Gasteiger partial charge in [0.15, 0.2) is 0 Å². The number of nitrogens with two attached hydrogens (primary N) is 1. The number of methoxy groups -OCH3 is 2. The van der Waals surface area contributed by atoms with Gasteiger partial charge in [0.2, 0.25) is 5.95 Å². The van der Waals surface area contributed by atoms with Gasteiger partial charge >= 0.3 is 0 Å². The Labute approximate surface area is 189 Å². The van der Waals surface area contributed by atoms with Crippen molar-refractivity contribution in [1.29, 1.82) is 0 Å². The molecule has 0 fully saturated rings. The molecule has 1 aliphatic rings. The summed E-state index contributed by atoms with van der Waals surface area (Å²) in [5.74, 6) is 1.26. The number of carbonyl (C=O) groups excluding carboxylic acids is 1. The fourth-order valence-electron chi connectivity index (χ4n) is 3.42. The Morgan fingerprint density at radius 2 is 1.90 bits per heavy atom. The van der Waals surface area contributed by atoms with Crippen LogP contribution in [0.4, 0.5) is 5.95 Å². The molecule has 0 unspecified atom stereocenters. The van der Waals surface area contributed by atoms with E-state index in [0.29, 0.717) is 46.8 Å². The van der Waals surface area contributed by atoms with Crippen LogP contribution in [0.3, 0.4) is 0 Å². The Kier molecular flexibility index (Phi) is 6.20. The minimum atomic E-state index is -0.175. The largest absolute Gasteiger partial charge is 0.497 e. The van der Waals surface area contributed by atoms with E-state index < -0.39 is 0 Å². The fraction of sp³-hybridized carbons (Fsp3) is 0.227. The number of benzene rings is 2. The van der Waals surface area contributed by atoms with Gasteiger partial charge < -0.3 is 20.1 Å². The zero-order chi connectivity index (χ0) is 22.0. The third kappa shape index (κ3) is 4.55. The number of amides is 1. The standard InChI is InChI=1S/C22H21ClN4O3S/c1-29-15-6-3-13(18(11-15)30-2)12-27-10-9-17-19(21(27)28)25-22(24)26-20(17)31-16-7-4-14(23)5-8-16/h3-8,11H,9-10,12H2,1-2H3,(H2,24,25,26). The Hall–Kier alpha value is -2.97. The molecular formula is C22H21ClN4O3S. The summed E-state index contributed by atoms with van der Waals surface area (Å²) in [7, 11) is 3.20. The summed E-state index contributed by atoms with van der Waals surface area (Å²) in [6.45, 7) is 0.942. The highest BCUT2D eigenvalue weighted by Crippen LogP contribution is 2.34. The molecule has 1 amide bonds. The summed E-state index contributed by atoms with van der Waals surface area (Å²) in [5, 5.41) is 1.35. The second-order valence-electron chi connectivity index (χ2n) is 6.92. The summed E-state index contributed by atoms with van der Waals surface area (Å²) >= 11 is 7.42. The van der Waals surface area contributed by atoms with Crippen molar-refractivity contribution in [1.82, 2.24) is 14.9 Å². The van der Waals surface area contributed by atoms with Crippen molar-refractivity contribution in [2.75, 3.05) is 26.5 Å². The van der Waals surface area contributed by atoms with Crippen molar-refractivity contribution in [2.24, 2.45) is 0 Å². The lowest BCUT2D eigenvalue weighted by Crippen LogP contribution is -2.38. The first-order chi connectivity index (χ1) is 15.0. The molecule has 0 aliphatic carbocycles. The number of rotatable bonds is 6. The first kappa shape index (κ1) is 21.3. The molecule has 0 saturated carbocycles. The van der Waals surface area contributed by atoms with E-state index in [4.69, 9.17) is 26.8 Å². The summed E-state index contributed by atoms with van der Waals surface area (Å²) in [5.41, 5.74) is 7.99. The van der Waals surface area contributed by atoms with Gasteiger partial charge in [-0.1, -0.05) is 23.4 Å². The Morgan fingerprint density at radius 1 is 1.13 bits per heavy atom. The molecule has 2 heterocycles. The van der Waals surface area contributed by atoms with Crippen molar-refractivity contribution in [3.05, 3.63) is 64.3 Å². The van der Waals surface area contributed by atoms with Crippen LogP contribution in [0.1, 0.15) is 21.6 Å². The highest BCUT2D eigenvalue weighted by molar-refractivity contribution is 7.99. The van der Waals surface area contributed by atoms with E-state index in [9.17, 15) is 4.79 Å². The van der Waals surface area contributed by atoms with Gasteiger partial charge in [-0.3, -0.25) is 4.79 Å². The van der Waals surface area contributed by atoms with Crippen LogP contribution in [0.2, 0.25) is 5.02 Å². The lowest BCUT2D eigenvalue weighted by molar-refractivity contribution is 0.0717. The number of aromatic nitrogens is 2. The number of nitrogens with zero attached hydrogens (tertiary/aromatic N) is 3. The van der Waals surface area contributed by atoms with Crippen molar-refractivity contribution in [3.8, 4) is 11.5 Å². The van der Waals surface area contributed by atoms with Crippen molar-refractivity contribution in [2.45, 2.75) is 22.9 Å². The van der Waals surface area contributed by atoms with Crippen molar-refractivity contribution < 1.29 is 14.3 Å². The first-order valence-electron chi connectivity index (χ1n) is 9.58. The van der Waals surface area contributed by atoms with E-state index in [1.165, 1.54) is 11.8 Å². The van der Waals surface area contributed by atoms with Crippen LogP contribution in [0, 0.1) is 0 Å². The molecule has 2 N–H and O–H groups in total. The maximum atomic E-state index is 13.2. The number of halogens is 1. The molecule has 4 rings (SSSR count). The number of hydrogen-bond donors (Lipinski definition) is 1. The molecule has 0 spiro atoms. The average molecular weight is 457 g/mol. The minimum Gasteiger partial charge on any atom is -0.497 e. The summed E-state index contributed by atoms with van der Waals surface area (Å²) in [4.78, 5) is 24.6. The zero-order valence-corrected chi connectivity index (χ0v) is 18.7. The molecule has 160 valence electrons. The topological polar surface area (TPSA) is 90.6 Å². The van der Waals surface area contributed by atoms with Gasteiger partial charge in [-0.15, -0.1) is 0 Å². The van der Waals surface area contributed by atoms with Gasteiger partial charge in [-0.2, -0.15) is 0 Å². The third-order valence-corrected chi connectivity index (χ3v) is 6.28. The van der Waals surface area contributed by atoms with E-state index >= 15 is 0 Å². The first-order valence-corrected chi connectivity index (χ1v) is 10.8. The van der Waals surface area contributed by atoms with Crippen LogP contribution in [0.5, 0.6) is 11.5 Å².